The lowest BCUT2D eigenvalue weighted by Crippen LogP contribution is -2.34. The fourth-order valence-electron chi connectivity index (χ4n) is 4.16. The number of fused-ring (bicyclic) bond motifs is 1. The van der Waals surface area contributed by atoms with Crippen LogP contribution in [0.5, 0.6) is 5.88 Å². The Morgan fingerprint density at radius 1 is 1.10 bits per heavy atom. The van der Waals surface area contributed by atoms with Gasteiger partial charge in [0.15, 0.2) is 5.58 Å². The summed E-state index contributed by atoms with van der Waals surface area (Å²) in [7, 11) is 0. The molecule has 5 rings (SSSR count). The van der Waals surface area contributed by atoms with Gasteiger partial charge in [0.25, 0.3) is 5.88 Å². The first kappa shape index (κ1) is 20.1. The van der Waals surface area contributed by atoms with E-state index < -0.39 is 0 Å². The second-order valence-corrected chi connectivity index (χ2v) is 8.34. The van der Waals surface area contributed by atoms with Gasteiger partial charge in [-0.15, -0.1) is 4.37 Å². The lowest BCUT2D eigenvalue weighted by Gasteiger charge is -2.31. The summed E-state index contributed by atoms with van der Waals surface area (Å²) in [6.45, 7) is 3.61. The van der Waals surface area contributed by atoms with E-state index in [0.717, 1.165) is 61.2 Å². The molecule has 1 aliphatic rings. The van der Waals surface area contributed by atoms with Crippen molar-refractivity contribution in [3.8, 4) is 17.1 Å². The summed E-state index contributed by atoms with van der Waals surface area (Å²) in [5.74, 6) is 0.675. The van der Waals surface area contributed by atoms with Crippen molar-refractivity contribution < 1.29 is 13.7 Å². The molecule has 0 bridgehead atoms. The number of benzene rings is 2. The van der Waals surface area contributed by atoms with Gasteiger partial charge in [-0.05, 0) is 44.5 Å². The lowest BCUT2D eigenvalue weighted by atomic mass is 9.91. The number of hydrogen-bond donors (Lipinski definition) is 0. The zero-order chi connectivity index (χ0) is 21.0. The van der Waals surface area contributed by atoms with E-state index >= 15 is 0 Å². The van der Waals surface area contributed by atoms with Gasteiger partial charge in [-0.2, -0.15) is 4.37 Å². The predicted octanol–water partition coefficient (Wildman–Crippen LogP) is 5.13. The van der Waals surface area contributed by atoms with Crippen molar-refractivity contribution in [2.24, 2.45) is 0 Å². The van der Waals surface area contributed by atoms with Crippen LogP contribution in [0.25, 0.3) is 22.2 Å². The third-order valence-electron chi connectivity index (χ3n) is 5.80. The van der Waals surface area contributed by atoms with Crippen molar-refractivity contribution in [1.29, 1.82) is 0 Å². The molecule has 0 unspecified atom stereocenters. The fourth-order valence-corrected chi connectivity index (χ4v) is 4.68. The summed E-state index contributed by atoms with van der Waals surface area (Å²) >= 11 is 1.18. The van der Waals surface area contributed by atoms with E-state index in [0.29, 0.717) is 24.0 Å². The molecule has 4 aromatic rings. The summed E-state index contributed by atoms with van der Waals surface area (Å²) in [5.41, 5.74) is 3.33. The zero-order valence-electron chi connectivity index (χ0n) is 17.0. The van der Waals surface area contributed by atoms with Crippen LogP contribution < -0.4 is 4.74 Å². The van der Waals surface area contributed by atoms with Gasteiger partial charge >= 0.3 is 0 Å². The molecule has 8 heteroatoms. The molecule has 1 aliphatic heterocycles. The first-order valence-corrected chi connectivity index (χ1v) is 11.3. The zero-order valence-corrected chi connectivity index (χ0v) is 17.9. The molecule has 0 radical (unpaired) electrons. The molecule has 3 heterocycles. The van der Waals surface area contributed by atoms with E-state index in [4.69, 9.17) is 9.26 Å². The third-order valence-corrected chi connectivity index (χ3v) is 6.31. The van der Waals surface area contributed by atoms with Crippen LogP contribution in [-0.2, 0) is 0 Å². The third kappa shape index (κ3) is 4.45. The smallest absolute Gasteiger partial charge is 0.253 e. The number of piperidine rings is 1. The Morgan fingerprint density at radius 2 is 1.94 bits per heavy atom. The Labute approximate surface area is 184 Å². The van der Waals surface area contributed by atoms with E-state index in [1.54, 1.807) is 6.07 Å². The normalized spacial score (nSPS) is 15.5. The van der Waals surface area contributed by atoms with E-state index in [2.05, 4.69) is 18.8 Å². The molecule has 160 valence electrons. The Kier molecular flexibility index (Phi) is 5.90. The highest BCUT2D eigenvalue weighted by Crippen LogP contribution is 2.33. The molecule has 1 saturated heterocycles. The van der Waals surface area contributed by atoms with Gasteiger partial charge in [0, 0.05) is 29.5 Å². The summed E-state index contributed by atoms with van der Waals surface area (Å²) < 4.78 is 33.3. The summed E-state index contributed by atoms with van der Waals surface area (Å²) in [6, 6.07) is 14.6. The molecule has 2 aromatic heterocycles. The minimum Gasteiger partial charge on any atom is -0.475 e. The first-order valence-electron chi connectivity index (χ1n) is 10.6. The lowest BCUT2D eigenvalue weighted by molar-refractivity contribution is 0.190. The van der Waals surface area contributed by atoms with Crippen LogP contribution in [0.2, 0.25) is 0 Å². The Hall–Kier alpha value is -2.84. The molecule has 0 saturated carbocycles. The van der Waals surface area contributed by atoms with Gasteiger partial charge in [0.05, 0.1) is 24.0 Å². The Balaban J connectivity index is 1.09. The monoisotopic (exact) mass is 438 g/mol. The van der Waals surface area contributed by atoms with Gasteiger partial charge in [-0.25, -0.2) is 4.39 Å². The van der Waals surface area contributed by atoms with Gasteiger partial charge in [0.1, 0.15) is 11.5 Å². The van der Waals surface area contributed by atoms with E-state index in [1.165, 1.54) is 23.9 Å². The second-order valence-electron chi connectivity index (χ2n) is 7.81. The number of hydrogen-bond acceptors (Lipinski definition) is 7. The number of aromatic nitrogens is 3. The van der Waals surface area contributed by atoms with Crippen LogP contribution in [0, 0.1) is 5.82 Å². The molecule has 2 aromatic carbocycles. The molecule has 0 amide bonds. The molecule has 1 fully saturated rings. The van der Waals surface area contributed by atoms with Crippen LogP contribution in [0.4, 0.5) is 4.39 Å². The van der Waals surface area contributed by atoms with Crippen LogP contribution in [0.3, 0.4) is 0 Å². The summed E-state index contributed by atoms with van der Waals surface area (Å²) in [4.78, 5) is 2.46. The standard InChI is InChI=1S/C23H23FN4O2S/c24-18-7-8-19-20(15-18)30-25-21(19)17-9-12-28(13-10-17)11-4-14-29-23-22(26-31-27-23)16-5-2-1-3-6-16/h1-3,5-8,15,17H,4,9-14H2. The molecular formula is C23H23FN4O2S. The quantitative estimate of drug-likeness (QED) is 0.373. The molecule has 0 N–H and O–H groups in total. The van der Waals surface area contributed by atoms with Crippen molar-refractivity contribution in [2.45, 2.75) is 25.2 Å². The van der Waals surface area contributed by atoms with E-state index in [1.807, 2.05) is 30.3 Å². The highest BCUT2D eigenvalue weighted by molar-refractivity contribution is 6.99. The maximum atomic E-state index is 13.4. The SMILES string of the molecule is Fc1ccc2c(C3CCN(CCCOc4nsnc4-c4ccccc4)CC3)noc2c1. The minimum absolute atomic E-state index is 0.295. The second kappa shape index (κ2) is 9.11. The number of nitrogens with zero attached hydrogens (tertiary/aromatic N) is 4. The molecule has 0 spiro atoms. The Morgan fingerprint density at radius 3 is 2.77 bits per heavy atom. The number of halogens is 1. The average molecular weight is 439 g/mol. The maximum absolute atomic E-state index is 13.4. The van der Waals surface area contributed by atoms with Crippen molar-refractivity contribution in [1.82, 2.24) is 18.8 Å². The maximum Gasteiger partial charge on any atom is 0.253 e. The molecule has 0 aliphatic carbocycles. The highest BCUT2D eigenvalue weighted by atomic mass is 32.1. The van der Waals surface area contributed by atoms with E-state index in [9.17, 15) is 4.39 Å². The number of rotatable bonds is 7. The number of likely N-dealkylation sites (tertiary alicyclic amines) is 1. The predicted molar refractivity (Wildman–Crippen MR) is 118 cm³/mol. The largest absolute Gasteiger partial charge is 0.475 e. The van der Waals surface area contributed by atoms with Gasteiger partial charge < -0.3 is 14.2 Å². The topological polar surface area (TPSA) is 64.3 Å². The molecule has 6 nitrogen and oxygen atoms in total. The minimum atomic E-state index is -0.295. The van der Waals surface area contributed by atoms with Crippen molar-refractivity contribution in [3.05, 3.63) is 60.0 Å². The first-order chi connectivity index (χ1) is 15.3. The van der Waals surface area contributed by atoms with Gasteiger partial charge in [-0.3, -0.25) is 0 Å². The molecular weight excluding hydrogens is 415 g/mol. The van der Waals surface area contributed by atoms with Crippen LogP contribution in [0.1, 0.15) is 30.9 Å². The van der Waals surface area contributed by atoms with Crippen molar-refractivity contribution >= 4 is 22.7 Å². The van der Waals surface area contributed by atoms with Crippen LogP contribution >= 0.6 is 11.7 Å². The van der Waals surface area contributed by atoms with Gasteiger partial charge in [-0.1, -0.05) is 35.5 Å². The summed E-state index contributed by atoms with van der Waals surface area (Å²) in [6.07, 6.45) is 2.98. The number of ether oxygens (including phenoxy) is 1. The van der Waals surface area contributed by atoms with Crippen LogP contribution in [-0.4, -0.2) is 45.0 Å². The molecule has 0 atom stereocenters. The Bertz CT molecular complexity index is 1140. The van der Waals surface area contributed by atoms with E-state index in [-0.39, 0.29) is 5.82 Å². The van der Waals surface area contributed by atoms with Crippen LogP contribution in [0.15, 0.2) is 53.1 Å². The van der Waals surface area contributed by atoms with Crippen molar-refractivity contribution in [2.75, 3.05) is 26.2 Å². The summed E-state index contributed by atoms with van der Waals surface area (Å²) in [5, 5.41) is 5.16. The van der Waals surface area contributed by atoms with Crippen molar-refractivity contribution in [3.63, 3.8) is 0 Å². The fraction of sp³-hybridized carbons (Fsp3) is 0.348. The highest BCUT2D eigenvalue weighted by Gasteiger charge is 2.25. The molecule has 31 heavy (non-hydrogen) atoms. The van der Waals surface area contributed by atoms with Gasteiger partial charge in [0.2, 0.25) is 0 Å². The average Bonchev–Trinajstić information content (AvgIpc) is 3.44.